The van der Waals surface area contributed by atoms with Crippen LogP contribution in [0.4, 0.5) is 0 Å². The average molecular weight is 1060 g/mol. The number of benzene rings is 3. The molecule has 0 amide bonds. The highest BCUT2D eigenvalue weighted by molar-refractivity contribution is 7.24. The summed E-state index contributed by atoms with van der Waals surface area (Å²) in [6.45, 7) is 9.22. The Labute approximate surface area is 466 Å². The van der Waals surface area contributed by atoms with Gasteiger partial charge in [-0.1, -0.05) is 253 Å². The first-order valence-corrected chi connectivity index (χ1v) is 32.9. The molecule has 4 heteroatoms. The van der Waals surface area contributed by atoms with E-state index in [4.69, 9.17) is 0 Å². The number of hydrogen-bond donors (Lipinski definition) is 0. The zero-order valence-electron chi connectivity index (χ0n) is 46.1. The second-order valence-electron chi connectivity index (χ2n) is 21.1. The third-order valence-electron chi connectivity index (χ3n) is 14.8. The number of hydrogen-bond acceptors (Lipinski definition) is 4. The molecule has 0 saturated heterocycles. The molecule has 3 aromatic carbocycles. The first-order valence-electron chi connectivity index (χ1n) is 29.6. The van der Waals surface area contributed by atoms with Crippen LogP contribution in [0.15, 0.2) is 109 Å². The summed E-state index contributed by atoms with van der Waals surface area (Å²) in [6.07, 6.45) is 46.3. The van der Waals surface area contributed by atoms with Gasteiger partial charge in [0.15, 0.2) is 0 Å². The van der Waals surface area contributed by atoms with Crippen LogP contribution in [0, 0.1) is 0 Å². The van der Waals surface area contributed by atoms with Gasteiger partial charge in [-0.25, -0.2) is 0 Å². The third kappa shape index (κ3) is 19.2. The van der Waals surface area contributed by atoms with Crippen LogP contribution < -0.4 is 0 Å². The SMILES string of the molecule is CCCCCCCCCCc1ccc(-c2sc(-c3ccc(C=Cc4ccc(C=Cc5ccc(-c6cc(CCCCCC)c(-c7ccc(CCCCCCCCCC)s7)s6)cc5)cc4)cc3)cc2CCCCCC)s1. The molecule has 0 nitrogen and oxygen atoms in total. The molecule has 4 aromatic heterocycles. The largest absolute Gasteiger partial charge is 0.139 e. The number of thiophene rings is 4. The number of aryl methyl sites for hydroxylation is 4. The predicted molar refractivity (Wildman–Crippen MR) is 339 cm³/mol. The predicted octanol–water partition coefficient (Wildman–Crippen LogP) is 24.6. The van der Waals surface area contributed by atoms with E-state index in [2.05, 4.69) is 161 Å². The van der Waals surface area contributed by atoms with Crippen molar-refractivity contribution in [3.05, 3.63) is 152 Å². The monoisotopic (exact) mass is 1060 g/mol. The quantitative estimate of drug-likeness (QED) is 0.0271. The summed E-state index contributed by atoms with van der Waals surface area (Å²) in [7, 11) is 0. The van der Waals surface area contributed by atoms with Crippen molar-refractivity contribution in [1.29, 1.82) is 0 Å². The van der Waals surface area contributed by atoms with Crippen LogP contribution in [-0.4, -0.2) is 0 Å². The molecule has 0 fully saturated rings. The van der Waals surface area contributed by atoms with Crippen LogP contribution in [0.2, 0.25) is 0 Å². The second-order valence-corrected chi connectivity index (χ2v) is 25.6. The van der Waals surface area contributed by atoms with Crippen LogP contribution in [0.5, 0.6) is 0 Å². The summed E-state index contributed by atoms with van der Waals surface area (Å²) in [4.78, 5) is 11.8. The van der Waals surface area contributed by atoms with Crippen LogP contribution in [-0.2, 0) is 25.7 Å². The molecule has 0 N–H and O–H groups in total. The van der Waals surface area contributed by atoms with E-state index in [1.54, 1.807) is 20.9 Å². The van der Waals surface area contributed by atoms with Gasteiger partial charge < -0.3 is 0 Å². The number of rotatable bonds is 36. The first kappa shape index (κ1) is 57.6. The molecule has 0 spiro atoms. The van der Waals surface area contributed by atoms with E-state index < -0.39 is 0 Å². The van der Waals surface area contributed by atoms with Crippen molar-refractivity contribution in [1.82, 2.24) is 0 Å². The zero-order chi connectivity index (χ0) is 51.4. The molecule has 0 unspecified atom stereocenters. The smallest absolute Gasteiger partial charge is 0.0481 e. The molecule has 0 aliphatic carbocycles. The first-order chi connectivity index (χ1) is 36.5. The second kappa shape index (κ2) is 33.2. The van der Waals surface area contributed by atoms with Crippen molar-refractivity contribution < 1.29 is 0 Å². The van der Waals surface area contributed by atoms with Gasteiger partial charge in [-0.05, 0) is 132 Å². The van der Waals surface area contributed by atoms with Crippen LogP contribution in [0.3, 0.4) is 0 Å². The molecule has 0 aliphatic heterocycles. The van der Waals surface area contributed by atoms with E-state index in [1.165, 1.54) is 242 Å². The Morgan fingerprint density at radius 1 is 0.270 bits per heavy atom. The van der Waals surface area contributed by atoms with Crippen molar-refractivity contribution in [3.8, 4) is 40.4 Å². The van der Waals surface area contributed by atoms with Crippen molar-refractivity contribution >= 4 is 69.7 Å². The maximum atomic E-state index is 2.50. The fourth-order valence-corrected chi connectivity index (χ4v) is 15.0. The maximum Gasteiger partial charge on any atom is 0.0481 e. The van der Waals surface area contributed by atoms with E-state index in [-0.39, 0.29) is 0 Å². The molecule has 74 heavy (non-hydrogen) atoms. The minimum atomic E-state index is 1.17. The standard InChI is InChI=1S/C70H90S4/c1-5-9-13-17-19-21-23-27-31-63-49-51-65(71-63)69-61(29-25-15-11-7-3)53-67(73-69)59-45-41-57(42-46-59)39-37-55-33-35-56(36-34-55)38-40-58-43-47-60(48-44-58)68-54-62(30-26-16-12-8-4)70(74-68)66-52-50-64(72-66)32-28-24-22-20-18-14-10-6-2/h33-54H,5-32H2,1-4H3. The highest BCUT2D eigenvalue weighted by atomic mass is 32.1. The Bertz CT molecular complexity index is 2470. The molecule has 0 atom stereocenters. The van der Waals surface area contributed by atoms with Gasteiger partial charge in [0, 0.05) is 39.0 Å². The fourth-order valence-electron chi connectivity index (χ4n) is 10.2. The van der Waals surface area contributed by atoms with Crippen molar-refractivity contribution in [2.24, 2.45) is 0 Å². The van der Waals surface area contributed by atoms with E-state index in [0.717, 1.165) is 0 Å². The topological polar surface area (TPSA) is 0 Å². The van der Waals surface area contributed by atoms with Crippen LogP contribution >= 0.6 is 45.3 Å². The lowest BCUT2D eigenvalue weighted by Crippen LogP contribution is -1.85. The normalized spacial score (nSPS) is 11.8. The van der Waals surface area contributed by atoms with Crippen molar-refractivity contribution in [2.75, 3.05) is 0 Å². The van der Waals surface area contributed by atoms with Gasteiger partial charge >= 0.3 is 0 Å². The Balaban J connectivity index is 0.920. The van der Waals surface area contributed by atoms with Gasteiger partial charge in [0.1, 0.15) is 0 Å². The van der Waals surface area contributed by atoms with E-state index in [1.807, 2.05) is 45.3 Å². The molecule has 0 saturated carbocycles. The molecular weight excluding hydrogens is 969 g/mol. The molecule has 7 aromatic rings. The summed E-state index contributed by atoms with van der Waals surface area (Å²) in [5.41, 5.74) is 10.6. The van der Waals surface area contributed by atoms with E-state index in [0.29, 0.717) is 0 Å². The maximum absolute atomic E-state index is 2.50. The Hall–Kier alpha value is -4.06. The summed E-state index contributed by atoms with van der Waals surface area (Å²) >= 11 is 8.08. The van der Waals surface area contributed by atoms with Gasteiger partial charge in [-0.2, -0.15) is 0 Å². The minimum Gasteiger partial charge on any atom is -0.139 e. The van der Waals surface area contributed by atoms with Gasteiger partial charge in [0.25, 0.3) is 0 Å². The van der Waals surface area contributed by atoms with Crippen LogP contribution in [0.1, 0.15) is 225 Å². The lowest BCUT2D eigenvalue weighted by molar-refractivity contribution is 0.576. The molecule has 4 heterocycles. The average Bonchev–Trinajstić information content (AvgIpc) is 4.27. The zero-order valence-corrected chi connectivity index (χ0v) is 49.4. The van der Waals surface area contributed by atoms with E-state index in [9.17, 15) is 0 Å². The fraction of sp³-hybridized carbons (Fsp3) is 0.457. The number of unbranched alkanes of at least 4 members (excludes halogenated alkanes) is 20. The summed E-state index contributed by atoms with van der Waals surface area (Å²) in [5.74, 6) is 0. The Morgan fingerprint density at radius 2 is 0.554 bits per heavy atom. The van der Waals surface area contributed by atoms with Crippen molar-refractivity contribution in [2.45, 2.75) is 207 Å². The molecule has 0 aliphatic rings. The molecular formula is C70H90S4. The third-order valence-corrected chi connectivity index (χ3v) is 19.9. The van der Waals surface area contributed by atoms with Gasteiger partial charge in [0.2, 0.25) is 0 Å². The summed E-state index contributed by atoms with van der Waals surface area (Å²) in [5, 5.41) is 0. The lowest BCUT2D eigenvalue weighted by atomic mass is 10.0. The molecule has 0 bridgehead atoms. The molecule has 0 radical (unpaired) electrons. The van der Waals surface area contributed by atoms with Gasteiger partial charge in [-0.15, -0.1) is 45.3 Å². The van der Waals surface area contributed by atoms with Gasteiger partial charge in [0.05, 0.1) is 0 Å². The summed E-state index contributed by atoms with van der Waals surface area (Å²) < 4.78 is 0. The van der Waals surface area contributed by atoms with E-state index >= 15 is 0 Å². The lowest BCUT2D eigenvalue weighted by Gasteiger charge is -2.02. The Morgan fingerprint density at radius 3 is 0.892 bits per heavy atom. The molecule has 7 rings (SSSR count). The van der Waals surface area contributed by atoms with Crippen LogP contribution in [0.25, 0.3) is 64.7 Å². The highest BCUT2D eigenvalue weighted by Crippen LogP contribution is 2.44. The molecule has 394 valence electrons. The minimum absolute atomic E-state index is 1.17. The summed E-state index contributed by atoms with van der Waals surface area (Å²) in [6, 6.07) is 42.0. The Kier molecular flexibility index (Phi) is 25.8. The highest BCUT2D eigenvalue weighted by Gasteiger charge is 2.17. The van der Waals surface area contributed by atoms with Gasteiger partial charge in [-0.3, -0.25) is 0 Å². The van der Waals surface area contributed by atoms with Crippen molar-refractivity contribution in [3.63, 3.8) is 0 Å².